The van der Waals surface area contributed by atoms with Crippen LogP contribution in [0.1, 0.15) is 57.0 Å². The van der Waals surface area contributed by atoms with E-state index < -0.39 is 17.6 Å². The number of rotatable bonds is 7. The summed E-state index contributed by atoms with van der Waals surface area (Å²) in [5.41, 5.74) is 1.51. The Morgan fingerprint density at radius 3 is 2.20 bits per heavy atom. The number of benzene rings is 3. The van der Waals surface area contributed by atoms with Crippen LogP contribution in [0.25, 0.3) is 21.9 Å². The number of aromatic nitrogens is 1. The van der Waals surface area contributed by atoms with E-state index in [1.807, 2.05) is 34.6 Å². The largest absolute Gasteiger partial charge is 0.494 e. The van der Waals surface area contributed by atoms with E-state index in [0.29, 0.717) is 22.3 Å². The molecule has 0 atom stereocenters. The molecule has 4 rings (SSSR count). The molecule has 1 amide bonds. The molecule has 0 radical (unpaired) electrons. The van der Waals surface area contributed by atoms with Gasteiger partial charge in [0.15, 0.2) is 11.6 Å². The fourth-order valence-electron chi connectivity index (χ4n) is 4.34. The smallest absolute Gasteiger partial charge is 0.337 e. The van der Waals surface area contributed by atoms with Crippen molar-refractivity contribution in [2.45, 2.75) is 47.6 Å². The molecule has 0 saturated heterocycles. The minimum Gasteiger partial charge on any atom is -0.494 e. The highest BCUT2D eigenvalue weighted by Gasteiger charge is 2.25. The van der Waals surface area contributed by atoms with Crippen LogP contribution in [-0.2, 0) is 16.1 Å². The van der Waals surface area contributed by atoms with Crippen LogP contribution in [0.5, 0.6) is 5.75 Å². The number of pyridine rings is 1. The molecule has 0 aliphatic rings. The second-order valence-corrected chi connectivity index (χ2v) is 10.4. The summed E-state index contributed by atoms with van der Waals surface area (Å²) in [6.07, 6.45) is 1.87. The fraction of sp³-hybridized carbons (Fsp3) is 0.303. The molecule has 41 heavy (non-hydrogen) atoms. The van der Waals surface area contributed by atoms with E-state index in [1.54, 1.807) is 59.6 Å². The number of halogens is 2. The maximum atomic E-state index is 14.6. The van der Waals surface area contributed by atoms with E-state index in [9.17, 15) is 18.4 Å². The van der Waals surface area contributed by atoms with E-state index in [1.165, 1.54) is 26.4 Å². The average molecular weight is 563 g/mol. The second-order valence-electron chi connectivity index (χ2n) is 10.4. The number of anilines is 1. The first-order valence-electron chi connectivity index (χ1n) is 13.4. The number of carbonyl (C=O) groups is 2. The number of hydrogen-bond acceptors (Lipinski definition) is 5. The number of methoxy groups -OCH3 is 2. The molecular weight excluding hydrogens is 526 g/mol. The Labute approximate surface area is 239 Å². The Hall–Kier alpha value is -4.33. The number of fused-ring (bicyclic) bond motifs is 1. The normalized spacial score (nSPS) is 11.0. The topological polar surface area (TPSA) is 68.7 Å². The maximum absolute atomic E-state index is 14.6. The Bertz CT molecular complexity index is 1530. The molecule has 1 heterocycles. The van der Waals surface area contributed by atoms with Gasteiger partial charge in [0.05, 0.1) is 26.3 Å². The van der Waals surface area contributed by atoms with E-state index in [-0.39, 0.29) is 35.6 Å². The molecule has 0 aliphatic heterocycles. The molecule has 3 aromatic carbocycles. The van der Waals surface area contributed by atoms with Gasteiger partial charge in [-0.3, -0.25) is 9.69 Å². The fourth-order valence-corrected chi connectivity index (χ4v) is 4.34. The van der Waals surface area contributed by atoms with Gasteiger partial charge in [-0.05, 0) is 58.3 Å². The van der Waals surface area contributed by atoms with Gasteiger partial charge in [0.1, 0.15) is 5.82 Å². The molecule has 6 nitrogen and oxygen atoms in total. The minimum atomic E-state index is -1.05. The predicted octanol–water partition coefficient (Wildman–Crippen LogP) is 7.97. The van der Waals surface area contributed by atoms with Crippen LogP contribution in [0.2, 0.25) is 0 Å². The zero-order valence-electron chi connectivity index (χ0n) is 24.5. The van der Waals surface area contributed by atoms with Gasteiger partial charge < -0.3 is 9.47 Å². The van der Waals surface area contributed by atoms with Crippen molar-refractivity contribution in [3.05, 3.63) is 89.6 Å². The maximum Gasteiger partial charge on any atom is 0.337 e. The number of esters is 1. The number of carbonyl (C=O) groups excluding carboxylic acids is 2. The van der Waals surface area contributed by atoms with Gasteiger partial charge in [-0.25, -0.2) is 14.2 Å². The van der Waals surface area contributed by atoms with Crippen LogP contribution >= 0.6 is 0 Å². The summed E-state index contributed by atoms with van der Waals surface area (Å²) in [6, 6.07) is 16.6. The lowest BCUT2D eigenvalue weighted by atomic mass is 9.91. The highest BCUT2D eigenvalue weighted by Crippen LogP contribution is 2.32. The zero-order valence-corrected chi connectivity index (χ0v) is 24.5. The van der Waals surface area contributed by atoms with E-state index >= 15 is 0 Å². The molecule has 0 fully saturated rings. The molecule has 0 N–H and O–H groups in total. The van der Waals surface area contributed by atoms with Gasteiger partial charge in [0.25, 0.3) is 0 Å². The monoisotopic (exact) mass is 562 g/mol. The first kappa shape index (κ1) is 31.2. The molecule has 0 bridgehead atoms. The second kappa shape index (κ2) is 13.4. The SMILES string of the molecule is CC.COC(=O)c1ccc2c(N(Cc3ccc(-c4ccc(OC)c(F)c4F)cc3)C(=O)CC(C)(C)C)nccc2c1. The van der Waals surface area contributed by atoms with Crippen molar-refractivity contribution in [3.8, 4) is 16.9 Å². The van der Waals surface area contributed by atoms with Crippen molar-refractivity contribution < 1.29 is 27.8 Å². The van der Waals surface area contributed by atoms with E-state index in [4.69, 9.17) is 9.47 Å². The van der Waals surface area contributed by atoms with Crippen molar-refractivity contribution in [2.24, 2.45) is 5.41 Å². The summed E-state index contributed by atoms with van der Waals surface area (Å²) in [6.45, 7) is 10.2. The lowest BCUT2D eigenvalue weighted by Crippen LogP contribution is -2.34. The summed E-state index contributed by atoms with van der Waals surface area (Å²) < 4.78 is 38.6. The van der Waals surface area contributed by atoms with Crippen LogP contribution in [0.4, 0.5) is 14.6 Å². The minimum absolute atomic E-state index is 0.109. The molecule has 0 saturated carbocycles. The zero-order chi connectivity index (χ0) is 30.3. The lowest BCUT2D eigenvalue weighted by molar-refractivity contribution is -0.120. The van der Waals surface area contributed by atoms with Gasteiger partial charge in [-0.2, -0.15) is 4.39 Å². The van der Waals surface area contributed by atoms with E-state index in [0.717, 1.165) is 10.9 Å². The highest BCUT2D eigenvalue weighted by molar-refractivity contribution is 6.04. The van der Waals surface area contributed by atoms with Crippen molar-refractivity contribution in [2.75, 3.05) is 19.1 Å². The van der Waals surface area contributed by atoms with Crippen LogP contribution in [0.3, 0.4) is 0 Å². The van der Waals surface area contributed by atoms with Crippen LogP contribution in [0.15, 0.2) is 66.9 Å². The average Bonchev–Trinajstić information content (AvgIpc) is 2.97. The summed E-state index contributed by atoms with van der Waals surface area (Å²) in [7, 11) is 2.60. The quantitative estimate of drug-likeness (QED) is 0.214. The molecule has 216 valence electrons. The molecule has 0 aliphatic carbocycles. The Morgan fingerprint density at radius 2 is 1.59 bits per heavy atom. The first-order chi connectivity index (χ1) is 19.5. The Kier molecular flexibility index (Phi) is 10.2. The van der Waals surface area contributed by atoms with Crippen LogP contribution in [-0.4, -0.2) is 31.1 Å². The standard InChI is InChI=1S/C31H30F2N2O4.C2H6/c1-31(2,3)17-26(36)35(29-24-11-10-22(30(37)39-5)16-21(24)14-15-34-29)18-19-6-8-20(9-7-19)23-12-13-25(38-4)28(33)27(23)32;1-2/h6-16H,17-18H2,1-5H3;1-2H3. The Morgan fingerprint density at radius 1 is 0.902 bits per heavy atom. The summed E-state index contributed by atoms with van der Waals surface area (Å²) in [4.78, 5) is 31.8. The van der Waals surface area contributed by atoms with Crippen LogP contribution < -0.4 is 9.64 Å². The molecule has 0 unspecified atom stereocenters. The molecule has 0 spiro atoms. The number of nitrogens with zero attached hydrogens (tertiary/aromatic N) is 2. The number of hydrogen-bond donors (Lipinski definition) is 0. The lowest BCUT2D eigenvalue weighted by Gasteiger charge is -2.27. The van der Waals surface area contributed by atoms with Gasteiger partial charge in [0.2, 0.25) is 11.7 Å². The predicted molar refractivity (Wildman–Crippen MR) is 158 cm³/mol. The van der Waals surface area contributed by atoms with Gasteiger partial charge in [0, 0.05) is 23.6 Å². The van der Waals surface area contributed by atoms with Gasteiger partial charge in [-0.1, -0.05) is 58.9 Å². The first-order valence-corrected chi connectivity index (χ1v) is 13.4. The number of amides is 1. The highest BCUT2D eigenvalue weighted by atomic mass is 19.2. The molecule has 8 heteroatoms. The van der Waals surface area contributed by atoms with Crippen molar-refractivity contribution >= 4 is 28.5 Å². The Balaban J connectivity index is 0.00000226. The molecule has 4 aromatic rings. The summed E-state index contributed by atoms with van der Waals surface area (Å²) in [5.74, 6) is -2.31. The van der Waals surface area contributed by atoms with Gasteiger partial charge >= 0.3 is 5.97 Å². The van der Waals surface area contributed by atoms with Crippen molar-refractivity contribution in [3.63, 3.8) is 0 Å². The molecular formula is C33H36F2N2O4. The third-order valence-corrected chi connectivity index (χ3v) is 6.28. The summed E-state index contributed by atoms with van der Waals surface area (Å²) >= 11 is 0. The summed E-state index contributed by atoms with van der Waals surface area (Å²) in [5, 5.41) is 1.45. The van der Waals surface area contributed by atoms with E-state index in [2.05, 4.69) is 4.98 Å². The van der Waals surface area contributed by atoms with Crippen LogP contribution in [0, 0.1) is 17.0 Å². The van der Waals surface area contributed by atoms with Gasteiger partial charge in [-0.15, -0.1) is 0 Å². The molecule has 1 aromatic heterocycles. The third-order valence-electron chi connectivity index (χ3n) is 6.28. The number of ether oxygens (including phenoxy) is 2. The van der Waals surface area contributed by atoms with Crippen molar-refractivity contribution in [1.29, 1.82) is 0 Å². The third kappa shape index (κ3) is 7.25. The van der Waals surface area contributed by atoms with Crippen molar-refractivity contribution in [1.82, 2.24) is 4.98 Å².